The topological polar surface area (TPSA) is 78.9 Å². The fraction of sp³-hybridized carbons (Fsp3) is 0.727. The van der Waals surface area contributed by atoms with Crippen LogP contribution in [0.2, 0.25) is 0 Å². The minimum Gasteiger partial charge on any atom is -0.462 e. The van der Waals surface area contributed by atoms with Gasteiger partial charge in [0.15, 0.2) is 6.10 Å². The third-order valence-electron chi connectivity index (χ3n) is 10.8. The molecule has 0 N–H and O–H groups in total. The Balaban J connectivity index is 4.41. The Labute approximate surface area is 376 Å². The molecule has 1 atom stereocenters. The highest BCUT2D eigenvalue weighted by Crippen LogP contribution is 2.15. The lowest BCUT2D eigenvalue weighted by Crippen LogP contribution is -2.30. The molecule has 0 spiro atoms. The Hall–Kier alpha value is -3.15. The summed E-state index contributed by atoms with van der Waals surface area (Å²) >= 11 is 0. The maximum atomic E-state index is 12.8. The van der Waals surface area contributed by atoms with Crippen molar-refractivity contribution in [1.29, 1.82) is 0 Å². The highest BCUT2D eigenvalue weighted by molar-refractivity contribution is 5.71. The molecular weight excluding hydrogens is 757 g/mol. The van der Waals surface area contributed by atoms with Crippen molar-refractivity contribution in [2.75, 3.05) is 13.2 Å². The highest BCUT2D eigenvalue weighted by atomic mass is 16.6. The van der Waals surface area contributed by atoms with Gasteiger partial charge in [0.2, 0.25) is 0 Å². The highest BCUT2D eigenvalue weighted by Gasteiger charge is 2.19. The lowest BCUT2D eigenvalue weighted by Gasteiger charge is -2.18. The normalized spacial score (nSPS) is 12.6. The first-order valence-electron chi connectivity index (χ1n) is 25.5. The van der Waals surface area contributed by atoms with Crippen molar-refractivity contribution in [3.05, 3.63) is 72.9 Å². The Bertz CT molecular complexity index is 1160. The number of carbonyl (C=O) groups is 3. The first-order chi connectivity index (χ1) is 30.0. The molecule has 350 valence electrons. The zero-order valence-corrected chi connectivity index (χ0v) is 39.9. The number of hydrogen-bond acceptors (Lipinski definition) is 6. The molecule has 0 amide bonds. The lowest BCUT2D eigenvalue weighted by atomic mass is 10.0. The van der Waals surface area contributed by atoms with Crippen LogP contribution in [0.5, 0.6) is 0 Å². The van der Waals surface area contributed by atoms with Crippen molar-refractivity contribution in [2.24, 2.45) is 0 Å². The molecule has 0 aromatic heterocycles. The van der Waals surface area contributed by atoms with E-state index >= 15 is 0 Å². The van der Waals surface area contributed by atoms with Crippen LogP contribution in [-0.2, 0) is 28.6 Å². The Morgan fingerprint density at radius 1 is 0.344 bits per heavy atom. The second-order valence-corrected chi connectivity index (χ2v) is 16.8. The number of rotatable bonds is 45. The maximum absolute atomic E-state index is 12.8. The molecule has 0 bridgehead atoms. The van der Waals surface area contributed by atoms with Gasteiger partial charge in [0.05, 0.1) is 0 Å². The van der Waals surface area contributed by atoms with E-state index < -0.39 is 6.10 Å². The molecule has 6 nitrogen and oxygen atoms in total. The first-order valence-corrected chi connectivity index (χ1v) is 25.5. The van der Waals surface area contributed by atoms with Crippen molar-refractivity contribution in [3.63, 3.8) is 0 Å². The van der Waals surface area contributed by atoms with Gasteiger partial charge < -0.3 is 14.2 Å². The van der Waals surface area contributed by atoms with Crippen molar-refractivity contribution in [3.8, 4) is 0 Å². The number of allylic oxidation sites excluding steroid dienone is 12. The van der Waals surface area contributed by atoms with E-state index in [1.165, 1.54) is 116 Å². The van der Waals surface area contributed by atoms with E-state index in [0.717, 1.165) is 83.5 Å². The van der Waals surface area contributed by atoms with Crippen LogP contribution in [0.4, 0.5) is 0 Å². The third-order valence-corrected chi connectivity index (χ3v) is 10.8. The van der Waals surface area contributed by atoms with E-state index in [1.807, 2.05) is 0 Å². The van der Waals surface area contributed by atoms with Crippen molar-refractivity contribution in [1.82, 2.24) is 0 Å². The number of hydrogen-bond donors (Lipinski definition) is 0. The van der Waals surface area contributed by atoms with Gasteiger partial charge in [-0.25, -0.2) is 0 Å². The van der Waals surface area contributed by atoms with Gasteiger partial charge in [0.1, 0.15) is 13.2 Å². The van der Waals surface area contributed by atoms with E-state index in [0.29, 0.717) is 19.3 Å². The van der Waals surface area contributed by atoms with E-state index in [9.17, 15) is 14.4 Å². The molecule has 0 saturated heterocycles. The van der Waals surface area contributed by atoms with Gasteiger partial charge in [0.25, 0.3) is 0 Å². The Kier molecular flexibility index (Phi) is 46.9. The van der Waals surface area contributed by atoms with Gasteiger partial charge in [-0.3, -0.25) is 14.4 Å². The van der Waals surface area contributed by atoms with Gasteiger partial charge >= 0.3 is 17.9 Å². The predicted molar refractivity (Wildman–Crippen MR) is 261 cm³/mol. The van der Waals surface area contributed by atoms with Crippen molar-refractivity contribution >= 4 is 17.9 Å². The monoisotopic (exact) mass is 851 g/mol. The fourth-order valence-corrected chi connectivity index (χ4v) is 7.03. The molecule has 0 aliphatic heterocycles. The van der Waals surface area contributed by atoms with Crippen LogP contribution in [0.1, 0.15) is 239 Å². The average molecular weight is 851 g/mol. The summed E-state index contributed by atoms with van der Waals surface area (Å²) in [6.45, 7) is 6.36. The average Bonchev–Trinajstić information content (AvgIpc) is 3.26. The number of unbranched alkanes of at least 4 members (excludes halogenated alkanes) is 26. The molecule has 0 aromatic rings. The van der Waals surface area contributed by atoms with Crippen molar-refractivity contribution in [2.45, 2.75) is 245 Å². The second-order valence-electron chi connectivity index (χ2n) is 16.8. The van der Waals surface area contributed by atoms with Gasteiger partial charge in [-0.1, -0.05) is 235 Å². The Morgan fingerprint density at radius 3 is 0.984 bits per heavy atom. The molecule has 0 aliphatic carbocycles. The molecule has 0 rings (SSSR count). The fourth-order valence-electron chi connectivity index (χ4n) is 7.03. The quantitative estimate of drug-likeness (QED) is 0.0263. The first kappa shape index (κ1) is 57.9. The van der Waals surface area contributed by atoms with Gasteiger partial charge in [-0.15, -0.1) is 0 Å². The summed E-state index contributed by atoms with van der Waals surface area (Å²) in [4.78, 5) is 38.0. The van der Waals surface area contributed by atoms with Gasteiger partial charge in [0, 0.05) is 19.3 Å². The van der Waals surface area contributed by atoms with Crippen LogP contribution in [0.3, 0.4) is 0 Å². The van der Waals surface area contributed by atoms with Crippen LogP contribution in [0.15, 0.2) is 72.9 Å². The van der Waals surface area contributed by atoms with Gasteiger partial charge in [-0.2, -0.15) is 0 Å². The SMILES string of the molecule is CC\C=C/C=C\C=C/CCCCCCCCCC(=O)OCC(COC(=O)CCCCCCCCCCCCCCC)OC(=O)CCCCCCCCC\C=C/C=C\C=C/CC. The predicted octanol–water partition coefficient (Wildman–Crippen LogP) is 16.6. The van der Waals surface area contributed by atoms with Gasteiger partial charge in [-0.05, 0) is 57.8 Å². The molecule has 0 aliphatic rings. The van der Waals surface area contributed by atoms with E-state index in [4.69, 9.17) is 14.2 Å². The van der Waals surface area contributed by atoms with Crippen LogP contribution in [0, 0.1) is 0 Å². The molecular formula is C55H94O6. The second kappa shape index (κ2) is 49.5. The lowest BCUT2D eigenvalue weighted by molar-refractivity contribution is -0.167. The van der Waals surface area contributed by atoms with Crippen molar-refractivity contribution < 1.29 is 28.6 Å². The molecule has 0 fully saturated rings. The van der Waals surface area contributed by atoms with Crippen LogP contribution >= 0.6 is 0 Å². The van der Waals surface area contributed by atoms with E-state index in [-0.39, 0.29) is 31.1 Å². The summed E-state index contributed by atoms with van der Waals surface area (Å²) in [6, 6.07) is 0. The number of esters is 3. The minimum absolute atomic E-state index is 0.0829. The summed E-state index contributed by atoms with van der Waals surface area (Å²) in [7, 11) is 0. The number of carbonyl (C=O) groups excluding carboxylic acids is 3. The summed E-state index contributed by atoms with van der Waals surface area (Å²) in [5, 5.41) is 0. The summed E-state index contributed by atoms with van der Waals surface area (Å²) in [6.07, 6.45) is 61.6. The minimum atomic E-state index is -0.784. The van der Waals surface area contributed by atoms with E-state index in [2.05, 4.69) is 93.7 Å². The Morgan fingerprint density at radius 2 is 0.639 bits per heavy atom. The van der Waals surface area contributed by atoms with E-state index in [1.54, 1.807) is 0 Å². The maximum Gasteiger partial charge on any atom is 0.306 e. The molecule has 0 saturated carbocycles. The molecule has 0 aromatic carbocycles. The van der Waals surface area contributed by atoms with Crippen LogP contribution in [-0.4, -0.2) is 37.2 Å². The molecule has 0 radical (unpaired) electrons. The summed E-state index contributed by atoms with van der Waals surface area (Å²) < 4.78 is 16.8. The summed E-state index contributed by atoms with van der Waals surface area (Å²) in [5.41, 5.74) is 0. The molecule has 0 heterocycles. The standard InChI is InChI=1S/C55H94O6/c1-4-7-10-13-16-19-22-25-27-30-33-36-39-42-45-48-54(57)60-51-52(50-59-53(56)47-44-41-38-35-32-29-24-21-18-15-12-9-6-3)61-55(58)49-46-43-40-37-34-31-28-26-23-20-17-14-11-8-5-2/h7-8,10-11,13-14,16-17,19-20,22-23,52H,4-6,9,12,15,18,21,24-51H2,1-3H3/b10-7-,11-8-,16-13-,17-14-,22-19-,23-20-. The zero-order chi connectivity index (χ0) is 44.4. The van der Waals surface area contributed by atoms with Crippen LogP contribution in [0.25, 0.3) is 0 Å². The molecule has 1 unspecified atom stereocenters. The number of ether oxygens (including phenoxy) is 3. The summed E-state index contributed by atoms with van der Waals surface area (Å²) in [5.74, 6) is -0.905. The molecule has 61 heavy (non-hydrogen) atoms. The zero-order valence-electron chi connectivity index (χ0n) is 39.9. The van der Waals surface area contributed by atoms with Crippen LogP contribution < -0.4 is 0 Å². The largest absolute Gasteiger partial charge is 0.462 e. The smallest absolute Gasteiger partial charge is 0.306 e. The molecule has 6 heteroatoms. The third kappa shape index (κ3) is 47.7.